The van der Waals surface area contributed by atoms with Gasteiger partial charge in [0, 0.05) is 19.1 Å². The zero-order valence-electron chi connectivity index (χ0n) is 13.1. The molecule has 134 valence electrons. The van der Waals surface area contributed by atoms with E-state index in [0.717, 1.165) is 18.4 Å². The minimum atomic E-state index is -4.39. The Kier molecular flexibility index (Phi) is 5.54. The monoisotopic (exact) mass is 364 g/mol. The van der Waals surface area contributed by atoms with Crippen molar-refractivity contribution in [3.8, 4) is 0 Å². The summed E-state index contributed by atoms with van der Waals surface area (Å²) in [4.78, 5) is 13.8. The molecule has 1 N–H and O–H groups in total. The Morgan fingerprint density at radius 1 is 1.21 bits per heavy atom. The van der Waals surface area contributed by atoms with Crippen molar-refractivity contribution >= 4 is 15.9 Å². The molecule has 1 saturated heterocycles. The summed E-state index contributed by atoms with van der Waals surface area (Å²) in [6, 6.07) is 4.35. The third kappa shape index (κ3) is 5.48. The quantitative estimate of drug-likeness (QED) is 0.886. The molecule has 0 spiro atoms. The first-order chi connectivity index (χ1) is 11.0. The summed E-state index contributed by atoms with van der Waals surface area (Å²) in [5.41, 5.74) is -0.226. The lowest BCUT2D eigenvalue weighted by molar-refractivity contribution is -0.137. The average Bonchev–Trinajstić information content (AvgIpc) is 2.46. The summed E-state index contributed by atoms with van der Waals surface area (Å²) >= 11 is 0. The molecule has 9 heteroatoms. The lowest BCUT2D eigenvalue weighted by Crippen LogP contribution is -2.46. The van der Waals surface area contributed by atoms with Crippen LogP contribution < -0.4 is 4.72 Å². The molecule has 0 atom stereocenters. The number of alkyl halides is 3. The maximum Gasteiger partial charge on any atom is 0.416 e. The molecule has 5 nitrogen and oxygen atoms in total. The molecular formula is C15H19F3N2O3S. The molecule has 1 aromatic carbocycles. The predicted molar refractivity (Wildman–Crippen MR) is 82.7 cm³/mol. The molecule has 0 saturated carbocycles. The number of carbonyl (C=O) groups is 1. The molecule has 0 aliphatic carbocycles. The largest absolute Gasteiger partial charge is 0.416 e. The number of sulfonamides is 1. The van der Waals surface area contributed by atoms with Crippen LogP contribution in [0, 0.1) is 0 Å². The molecule has 2 rings (SSSR count). The van der Waals surface area contributed by atoms with Crippen LogP contribution in [0.3, 0.4) is 0 Å². The number of benzene rings is 1. The van der Waals surface area contributed by atoms with Gasteiger partial charge >= 0.3 is 6.18 Å². The van der Waals surface area contributed by atoms with Crippen LogP contribution in [0.5, 0.6) is 0 Å². The van der Waals surface area contributed by atoms with Crippen LogP contribution in [0.1, 0.15) is 24.0 Å². The fraction of sp³-hybridized carbons (Fsp3) is 0.533. The van der Waals surface area contributed by atoms with Gasteiger partial charge in [0.25, 0.3) is 0 Å². The topological polar surface area (TPSA) is 66.5 Å². The van der Waals surface area contributed by atoms with E-state index in [2.05, 4.69) is 4.72 Å². The van der Waals surface area contributed by atoms with Crippen LogP contribution in [-0.4, -0.2) is 44.6 Å². The number of halogens is 3. The second kappa shape index (κ2) is 7.10. The number of likely N-dealkylation sites (tertiary alicyclic amines) is 1. The third-order valence-electron chi connectivity index (χ3n) is 3.87. The minimum Gasteiger partial charge on any atom is -0.342 e. The van der Waals surface area contributed by atoms with Gasteiger partial charge in [0.15, 0.2) is 0 Å². The summed E-state index contributed by atoms with van der Waals surface area (Å²) in [6.45, 7) is 0.847. The lowest BCUT2D eigenvalue weighted by atomic mass is 10.0. The molecule has 0 aromatic heterocycles. The van der Waals surface area contributed by atoms with Crippen molar-refractivity contribution in [2.24, 2.45) is 0 Å². The highest BCUT2D eigenvalue weighted by molar-refractivity contribution is 7.88. The predicted octanol–water partition coefficient (Wildman–Crippen LogP) is 1.79. The summed E-state index contributed by atoms with van der Waals surface area (Å²) in [5, 5.41) is 0. The van der Waals surface area contributed by atoms with E-state index in [0.29, 0.717) is 31.5 Å². The van der Waals surface area contributed by atoms with Gasteiger partial charge in [0.1, 0.15) is 0 Å². The van der Waals surface area contributed by atoms with Gasteiger partial charge in [-0.05, 0) is 30.5 Å². The molecule has 1 aliphatic heterocycles. The van der Waals surface area contributed by atoms with Crippen LogP contribution in [0.15, 0.2) is 24.3 Å². The third-order valence-corrected chi connectivity index (χ3v) is 4.63. The molecule has 24 heavy (non-hydrogen) atoms. The Labute approximate surface area is 138 Å². The fourth-order valence-corrected chi connectivity index (χ4v) is 3.49. The highest BCUT2D eigenvalue weighted by Gasteiger charge is 2.30. The number of piperidine rings is 1. The Morgan fingerprint density at radius 2 is 1.75 bits per heavy atom. The van der Waals surface area contributed by atoms with E-state index in [9.17, 15) is 26.4 Å². The maximum atomic E-state index is 12.5. The summed E-state index contributed by atoms with van der Waals surface area (Å²) < 4.78 is 62.4. The number of hydrogen-bond donors (Lipinski definition) is 1. The van der Waals surface area contributed by atoms with Gasteiger partial charge in [-0.2, -0.15) is 13.2 Å². The number of amides is 1. The first kappa shape index (κ1) is 18.7. The number of nitrogens with one attached hydrogen (secondary N) is 1. The maximum absolute atomic E-state index is 12.5. The van der Waals surface area contributed by atoms with Crippen LogP contribution in [-0.2, 0) is 27.4 Å². The zero-order valence-corrected chi connectivity index (χ0v) is 14.0. The van der Waals surface area contributed by atoms with Crippen molar-refractivity contribution < 1.29 is 26.4 Å². The Balaban J connectivity index is 1.88. The molecule has 1 aromatic rings. The molecule has 0 bridgehead atoms. The highest BCUT2D eigenvalue weighted by atomic mass is 32.2. The van der Waals surface area contributed by atoms with Crippen LogP contribution >= 0.6 is 0 Å². The second-order valence-corrected chi connectivity index (χ2v) is 7.70. The number of rotatable bonds is 4. The van der Waals surface area contributed by atoms with Crippen molar-refractivity contribution in [3.63, 3.8) is 0 Å². The molecule has 1 fully saturated rings. The molecule has 1 amide bonds. The number of carbonyl (C=O) groups excluding carboxylic acids is 1. The Hall–Kier alpha value is -1.61. The first-order valence-electron chi connectivity index (χ1n) is 7.46. The van der Waals surface area contributed by atoms with Crippen molar-refractivity contribution in [1.29, 1.82) is 0 Å². The first-order valence-corrected chi connectivity index (χ1v) is 9.35. The average molecular weight is 364 g/mol. The van der Waals surface area contributed by atoms with Gasteiger partial charge in [-0.25, -0.2) is 13.1 Å². The number of hydrogen-bond acceptors (Lipinski definition) is 3. The Bertz CT molecular complexity index is 679. The molecule has 0 radical (unpaired) electrons. The van der Waals surface area contributed by atoms with Gasteiger partial charge in [-0.1, -0.05) is 12.1 Å². The number of nitrogens with zero attached hydrogens (tertiary/aromatic N) is 1. The van der Waals surface area contributed by atoms with Crippen molar-refractivity contribution in [2.75, 3.05) is 19.3 Å². The van der Waals surface area contributed by atoms with E-state index < -0.39 is 21.8 Å². The fourth-order valence-electron chi connectivity index (χ4n) is 2.65. The SMILES string of the molecule is CS(=O)(=O)NC1CCN(C(=O)Cc2ccc(C(F)(F)F)cc2)CC1. The van der Waals surface area contributed by atoms with E-state index in [1.165, 1.54) is 12.1 Å². The highest BCUT2D eigenvalue weighted by Crippen LogP contribution is 2.29. The summed E-state index contributed by atoms with van der Waals surface area (Å²) in [7, 11) is -3.27. The van der Waals surface area contributed by atoms with E-state index in [1.807, 2.05) is 0 Å². The van der Waals surface area contributed by atoms with E-state index >= 15 is 0 Å². The van der Waals surface area contributed by atoms with Crippen molar-refractivity contribution in [2.45, 2.75) is 31.5 Å². The molecule has 0 unspecified atom stereocenters. The van der Waals surface area contributed by atoms with Gasteiger partial charge in [-0.15, -0.1) is 0 Å². The van der Waals surface area contributed by atoms with Crippen molar-refractivity contribution in [1.82, 2.24) is 9.62 Å². The molecular weight excluding hydrogens is 345 g/mol. The zero-order chi connectivity index (χ0) is 18.0. The van der Waals surface area contributed by atoms with E-state index in [-0.39, 0.29) is 18.4 Å². The van der Waals surface area contributed by atoms with Crippen LogP contribution in [0.25, 0.3) is 0 Å². The Morgan fingerprint density at radius 3 is 2.21 bits per heavy atom. The molecule has 1 aliphatic rings. The van der Waals surface area contributed by atoms with Crippen LogP contribution in [0.4, 0.5) is 13.2 Å². The van der Waals surface area contributed by atoms with E-state index in [4.69, 9.17) is 0 Å². The summed E-state index contributed by atoms with van der Waals surface area (Å²) in [5.74, 6) is -0.174. The smallest absolute Gasteiger partial charge is 0.342 e. The standard InChI is InChI=1S/C15H19F3N2O3S/c1-24(22,23)19-13-6-8-20(9-7-13)14(21)10-11-2-4-12(5-3-11)15(16,17)18/h2-5,13,19H,6-10H2,1H3. The molecule has 1 heterocycles. The van der Waals surface area contributed by atoms with Crippen LogP contribution in [0.2, 0.25) is 0 Å². The van der Waals surface area contributed by atoms with Gasteiger partial charge in [0.05, 0.1) is 18.2 Å². The van der Waals surface area contributed by atoms with Gasteiger partial charge < -0.3 is 4.90 Å². The van der Waals surface area contributed by atoms with Gasteiger partial charge in [-0.3, -0.25) is 4.79 Å². The van der Waals surface area contributed by atoms with Crippen molar-refractivity contribution in [3.05, 3.63) is 35.4 Å². The van der Waals surface area contributed by atoms with Gasteiger partial charge in [0.2, 0.25) is 15.9 Å². The van der Waals surface area contributed by atoms with E-state index in [1.54, 1.807) is 4.90 Å². The summed E-state index contributed by atoms with van der Waals surface area (Å²) in [6.07, 6.45) is -2.23. The lowest BCUT2D eigenvalue weighted by Gasteiger charge is -2.32. The normalized spacial score (nSPS) is 17.1. The second-order valence-electron chi connectivity index (χ2n) is 5.92. The minimum absolute atomic E-state index is 0.0301.